The minimum Gasteiger partial charge on any atom is -0.481 e. The Bertz CT molecular complexity index is 458. The average Bonchev–Trinajstić information content (AvgIpc) is 2.89. The first-order valence-electron chi connectivity index (χ1n) is 7.66. The fourth-order valence-corrected chi connectivity index (χ4v) is 3.30. The van der Waals surface area contributed by atoms with E-state index in [9.17, 15) is 4.79 Å². The molecule has 20 heavy (non-hydrogen) atoms. The van der Waals surface area contributed by atoms with Crippen LogP contribution in [0.15, 0.2) is 24.3 Å². The molecule has 0 radical (unpaired) electrons. The summed E-state index contributed by atoms with van der Waals surface area (Å²) in [6, 6.07) is 8.81. The fraction of sp³-hybridized carbons (Fsp3) is 0.588. The van der Waals surface area contributed by atoms with Gasteiger partial charge in [0.05, 0.1) is 6.42 Å². The Morgan fingerprint density at radius 3 is 2.70 bits per heavy atom. The van der Waals surface area contributed by atoms with Gasteiger partial charge in [0.15, 0.2) is 0 Å². The Morgan fingerprint density at radius 1 is 1.35 bits per heavy atom. The molecule has 1 saturated carbocycles. The van der Waals surface area contributed by atoms with Gasteiger partial charge >= 0.3 is 5.97 Å². The van der Waals surface area contributed by atoms with Crippen LogP contribution in [-0.4, -0.2) is 23.7 Å². The zero-order chi connectivity index (χ0) is 14.5. The topological polar surface area (TPSA) is 40.5 Å². The lowest BCUT2D eigenvalue weighted by atomic mass is 10.0. The maximum Gasteiger partial charge on any atom is 0.305 e. The summed E-state index contributed by atoms with van der Waals surface area (Å²) < 4.78 is 0. The zero-order valence-corrected chi connectivity index (χ0v) is 12.5. The molecule has 3 heteroatoms. The number of carboxylic acid groups (broad SMARTS) is 1. The smallest absolute Gasteiger partial charge is 0.305 e. The van der Waals surface area contributed by atoms with Crippen molar-refractivity contribution in [3.63, 3.8) is 0 Å². The lowest BCUT2D eigenvalue weighted by Gasteiger charge is -2.32. The van der Waals surface area contributed by atoms with Gasteiger partial charge in [0.25, 0.3) is 0 Å². The molecule has 1 aliphatic carbocycles. The van der Waals surface area contributed by atoms with Gasteiger partial charge in [-0.2, -0.15) is 0 Å². The van der Waals surface area contributed by atoms with Crippen molar-refractivity contribution >= 4 is 11.7 Å². The lowest BCUT2D eigenvalue weighted by molar-refractivity contribution is -0.136. The van der Waals surface area contributed by atoms with E-state index < -0.39 is 5.97 Å². The van der Waals surface area contributed by atoms with Crippen LogP contribution in [0.4, 0.5) is 5.69 Å². The zero-order valence-electron chi connectivity index (χ0n) is 12.5. The van der Waals surface area contributed by atoms with Gasteiger partial charge < -0.3 is 10.0 Å². The molecule has 110 valence electrons. The van der Waals surface area contributed by atoms with Gasteiger partial charge in [0.2, 0.25) is 0 Å². The summed E-state index contributed by atoms with van der Waals surface area (Å²) in [6.07, 6.45) is 5.10. The van der Waals surface area contributed by atoms with Crippen LogP contribution >= 0.6 is 0 Å². The van der Waals surface area contributed by atoms with Gasteiger partial charge in [-0.1, -0.05) is 31.5 Å². The maximum atomic E-state index is 10.9. The van der Waals surface area contributed by atoms with Gasteiger partial charge in [-0.3, -0.25) is 4.79 Å². The molecule has 0 aliphatic heterocycles. The van der Waals surface area contributed by atoms with E-state index in [4.69, 9.17) is 5.11 Å². The van der Waals surface area contributed by atoms with E-state index in [2.05, 4.69) is 30.9 Å². The summed E-state index contributed by atoms with van der Waals surface area (Å²) in [5.74, 6) is 0.0879. The molecule has 2 unspecified atom stereocenters. The van der Waals surface area contributed by atoms with E-state index in [0.717, 1.165) is 5.92 Å². The van der Waals surface area contributed by atoms with E-state index in [1.54, 1.807) is 0 Å². The van der Waals surface area contributed by atoms with E-state index in [1.165, 1.54) is 36.9 Å². The SMILES string of the molecule is CCC1CCC(N(CCC(=O)O)c2ccccc2C)C1. The highest BCUT2D eigenvalue weighted by molar-refractivity contribution is 5.68. The lowest BCUT2D eigenvalue weighted by Crippen LogP contribution is -2.36. The number of para-hydroxylation sites is 1. The number of anilines is 1. The molecule has 2 atom stereocenters. The number of benzene rings is 1. The number of carboxylic acids is 1. The molecule has 1 aromatic carbocycles. The molecule has 0 amide bonds. The number of hydrogen-bond donors (Lipinski definition) is 1. The van der Waals surface area contributed by atoms with Gasteiger partial charge in [-0.05, 0) is 43.7 Å². The monoisotopic (exact) mass is 275 g/mol. The third kappa shape index (κ3) is 3.53. The molecule has 0 bridgehead atoms. The molecule has 0 spiro atoms. The van der Waals surface area contributed by atoms with Crippen molar-refractivity contribution < 1.29 is 9.90 Å². The second-order valence-corrected chi connectivity index (χ2v) is 5.86. The van der Waals surface area contributed by atoms with E-state index in [1.807, 2.05) is 12.1 Å². The number of carbonyl (C=O) groups is 1. The Morgan fingerprint density at radius 2 is 2.10 bits per heavy atom. The van der Waals surface area contributed by atoms with E-state index >= 15 is 0 Å². The van der Waals surface area contributed by atoms with Gasteiger partial charge in [-0.25, -0.2) is 0 Å². The molecule has 1 aliphatic rings. The quantitative estimate of drug-likeness (QED) is 0.857. The van der Waals surface area contributed by atoms with Crippen LogP contribution in [0.3, 0.4) is 0 Å². The Labute approximate surface area is 121 Å². The third-order valence-electron chi connectivity index (χ3n) is 4.52. The predicted molar refractivity (Wildman–Crippen MR) is 82.2 cm³/mol. The number of hydrogen-bond acceptors (Lipinski definition) is 2. The van der Waals surface area contributed by atoms with Crippen LogP contribution in [0, 0.1) is 12.8 Å². The van der Waals surface area contributed by atoms with Crippen molar-refractivity contribution in [2.75, 3.05) is 11.4 Å². The molecule has 0 heterocycles. The van der Waals surface area contributed by atoms with Crippen LogP contribution in [0.5, 0.6) is 0 Å². The van der Waals surface area contributed by atoms with Crippen molar-refractivity contribution in [1.29, 1.82) is 0 Å². The Kier molecular flexibility index (Phi) is 5.05. The molecule has 1 N–H and O–H groups in total. The van der Waals surface area contributed by atoms with E-state index in [-0.39, 0.29) is 6.42 Å². The molecule has 0 saturated heterocycles. The molecule has 3 nitrogen and oxygen atoms in total. The molecule has 1 aromatic rings. The number of nitrogens with zero attached hydrogens (tertiary/aromatic N) is 1. The molecule has 2 rings (SSSR count). The standard InChI is InChI=1S/C17H25NO2/c1-3-14-8-9-15(12-14)18(11-10-17(19)20)16-7-5-4-6-13(16)2/h4-7,14-15H,3,8-12H2,1-2H3,(H,19,20). The highest BCUT2D eigenvalue weighted by Crippen LogP contribution is 2.35. The summed E-state index contributed by atoms with van der Waals surface area (Å²) in [6.45, 7) is 4.97. The fourth-order valence-electron chi connectivity index (χ4n) is 3.30. The van der Waals surface area contributed by atoms with Crippen LogP contribution in [-0.2, 0) is 4.79 Å². The van der Waals surface area contributed by atoms with Crippen LogP contribution in [0.2, 0.25) is 0 Å². The predicted octanol–water partition coefficient (Wildman–Crippen LogP) is 3.85. The minimum atomic E-state index is -0.714. The second-order valence-electron chi connectivity index (χ2n) is 5.86. The Hall–Kier alpha value is -1.51. The summed E-state index contributed by atoms with van der Waals surface area (Å²) in [5.41, 5.74) is 2.44. The largest absolute Gasteiger partial charge is 0.481 e. The summed E-state index contributed by atoms with van der Waals surface area (Å²) in [7, 11) is 0. The molecule has 1 fully saturated rings. The van der Waals surface area contributed by atoms with Crippen molar-refractivity contribution in [2.24, 2.45) is 5.92 Å². The molecular formula is C17H25NO2. The minimum absolute atomic E-state index is 0.210. The Balaban J connectivity index is 2.17. The second kappa shape index (κ2) is 6.78. The van der Waals surface area contributed by atoms with Crippen LogP contribution < -0.4 is 4.90 Å². The summed E-state index contributed by atoms with van der Waals surface area (Å²) in [4.78, 5) is 13.3. The summed E-state index contributed by atoms with van der Waals surface area (Å²) >= 11 is 0. The highest BCUT2D eigenvalue weighted by atomic mass is 16.4. The first kappa shape index (κ1) is 14.9. The van der Waals surface area contributed by atoms with Crippen LogP contribution in [0.1, 0.15) is 44.6 Å². The van der Waals surface area contributed by atoms with Crippen molar-refractivity contribution in [2.45, 2.75) is 52.0 Å². The van der Waals surface area contributed by atoms with Crippen molar-refractivity contribution in [3.8, 4) is 0 Å². The third-order valence-corrected chi connectivity index (χ3v) is 4.52. The highest BCUT2D eigenvalue weighted by Gasteiger charge is 2.29. The van der Waals surface area contributed by atoms with E-state index in [0.29, 0.717) is 12.6 Å². The molecule has 0 aromatic heterocycles. The first-order chi connectivity index (χ1) is 9.61. The first-order valence-corrected chi connectivity index (χ1v) is 7.66. The van der Waals surface area contributed by atoms with Crippen LogP contribution in [0.25, 0.3) is 0 Å². The molecular weight excluding hydrogens is 250 g/mol. The van der Waals surface area contributed by atoms with Gasteiger partial charge in [0.1, 0.15) is 0 Å². The van der Waals surface area contributed by atoms with Gasteiger partial charge in [0, 0.05) is 18.3 Å². The van der Waals surface area contributed by atoms with Gasteiger partial charge in [-0.15, -0.1) is 0 Å². The number of rotatable bonds is 6. The number of aliphatic carboxylic acids is 1. The van der Waals surface area contributed by atoms with Crippen molar-refractivity contribution in [3.05, 3.63) is 29.8 Å². The average molecular weight is 275 g/mol. The summed E-state index contributed by atoms with van der Waals surface area (Å²) in [5, 5.41) is 8.99. The van der Waals surface area contributed by atoms with Crippen molar-refractivity contribution in [1.82, 2.24) is 0 Å². The maximum absolute atomic E-state index is 10.9. The normalized spacial score (nSPS) is 21.9. The number of aryl methyl sites for hydroxylation is 1.